The third-order valence-corrected chi connectivity index (χ3v) is 3.41. The number of benzene rings is 1. The van der Waals surface area contributed by atoms with Crippen molar-refractivity contribution in [1.29, 1.82) is 0 Å². The normalized spacial score (nSPS) is 17.4. The van der Waals surface area contributed by atoms with Crippen molar-refractivity contribution in [3.05, 3.63) is 29.3 Å². The van der Waals surface area contributed by atoms with Crippen LogP contribution in [-0.2, 0) is 0 Å². The average molecular weight is 255 g/mol. The largest absolute Gasteiger partial charge is 0.396 e. The van der Waals surface area contributed by atoms with Crippen molar-refractivity contribution in [3.63, 3.8) is 0 Å². The standard InChI is InChI=1S/C13H19ClN2O/c14-12-3-1-4-13(11-12)16-8-6-15(7-9-16)5-2-10-17/h1,3-4,11,17H,2,5-10H2. The fourth-order valence-electron chi connectivity index (χ4n) is 2.20. The van der Waals surface area contributed by atoms with E-state index in [1.54, 1.807) is 0 Å². The van der Waals surface area contributed by atoms with Gasteiger partial charge in [-0.15, -0.1) is 0 Å². The molecule has 17 heavy (non-hydrogen) atoms. The minimum atomic E-state index is 0.286. The Balaban J connectivity index is 1.86. The van der Waals surface area contributed by atoms with Crippen molar-refractivity contribution in [2.24, 2.45) is 0 Å². The monoisotopic (exact) mass is 254 g/mol. The van der Waals surface area contributed by atoms with E-state index in [9.17, 15) is 0 Å². The van der Waals surface area contributed by atoms with Gasteiger partial charge in [-0.05, 0) is 24.6 Å². The van der Waals surface area contributed by atoms with E-state index < -0.39 is 0 Å². The Labute approximate surface area is 108 Å². The number of halogens is 1. The Bertz CT molecular complexity index is 351. The fourth-order valence-corrected chi connectivity index (χ4v) is 2.38. The van der Waals surface area contributed by atoms with Gasteiger partial charge in [0, 0.05) is 50.0 Å². The maximum absolute atomic E-state index is 8.81. The lowest BCUT2D eigenvalue weighted by Crippen LogP contribution is -2.46. The molecule has 0 radical (unpaired) electrons. The number of piperazine rings is 1. The summed E-state index contributed by atoms with van der Waals surface area (Å²) in [5.74, 6) is 0. The van der Waals surface area contributed by atoms with Crippen molar-refractivity contribution in [2.75, 3.05) is 44.2 Å². The first-order valence-corrected chi connectivity index (χ1v) is 6.51. The molecule has 1 fully saturated rings. The zero-order chi connectivity index (χ0) is 12.1. The second-order valence-corrected chi connectivity index (χ2v) is 4.82. The van der Waals surface area contributed by atoms with E-state index in [1.165, 1.54) is 5.69 Å². The SMILES string of the molecule is OCCCN1CCN(c2cccc(Cl)c2)CC1. The lowest BCUT2D eigenvalue weighted by molar-refractivity contribution is 0.216. The molecule has 0 aliphatic carbocycles. The number of aliphatic hydroxyl groups is 1. The Hall–Kier alpha value is -0.770. The summed E-state index contributed by atoms with van der Waals surface area (Å²) >= 11 is 6.00. The Morgan fingerprint density at radius 2 is 1.94 bits per heavy atom. The highest BCUT2D eigenvalue weighted by Crippen LogP contribution is 2.20. The molecule has 1 aromatic rings. The summed E-state index contributed by atoms with van der Waals surface area (Å²) in [6.07, 6.45) is 0.872. The Kier molecular flexibility index (Phi) is 4.66. The molecule has 94 valence electrons. The van der Waals surface area contributed by atoms with Gasteiger partial charge in [0.25, 0.3) is 0 Å². The van der Waals surface area contributed by atoms with Crippen LogP contribution < -0.4 is 4.90 Å². The maximum atomic E-state index is 8.81. The van der Waals surface area contributed by atoms with Gasteiger partial charge in [-0.3, -0.25) is 4.90 Å². The molecule has 0 aromatic heterocycles. The predicted octanol–water partition coefficient (Wildman–Crippen LogP) is 1.84. The van der Waals surface area contributed by atoms with Crippen molar-refractivity contribution >= 4 is 17.3 Å². The van der Waals surface area contributed by atoms with Crippen LogP contribution in [0.3, 0.4) is 0 Å². The summed E-state index contributed by atoms with van der Waals surface area (Å²) in [5.41, 5.74) is 1.21. The van der Waals surface area contributed by atoms with E-state index in [0.29, 0.717) is 0 Å². The molecular weight excluding hydrogens is 236 g/mol. The Morgan fingerprint density at radius 1 is 1.18 bits per heavy atom. The van der Waals surface area contributed by atoms with Gasteiger partial charge in [0.05, 0.1) is 0 Å². The molecule has 1 heterocycles. The second kappa shape index (κ2) is 6.24. The highest BCUT2D eigenvalue weighted by molar-refractivity contribution is 6.30. The van der Waals surface area contributed by atoms with E-state index >= 15 is 0 Å². The van der Waals surface area contributed by atoms with Gasteiger partial charge in [0.1, 0.15) is 0 Å². The van der Waals surface area contributed by atoms with Crippen LogP contribution >= 0.6 is 11.6 Å². The van der Waals surface area contributed by atoms with Crippen LogP contribution in [0.1, 0.15) is 6.42 Å². The summed E-state index contributed by atoms with van der Waals surface area (Å²) in [6, 6.07) is 8.03. The highest BCUT2D eigenvalue weighted by atomic mass is 35.5. The van der Waals surface area contributed by atoms with E-state index in [2.05, 4.69) is 15.9 Å². The van der Waals surface area contributed by atoms with Crippen LogP contribution in [-0.4, -0.2) is 49.3 Å². The molecule has 0 bridgehead atoms. The molecule has 1 saturated heterocycles. The van der Waals surface area contributed by atoms with Gasteiger partial charge < -0.3 is 10.0 Å². The predicted molar refractivity (Wildman–Crippen MR) is 71.8 cm³/mol. The smallest absolute Gasteiger partial charge is 0.0443 e. The van der Waals surface area contributed by atoms with Crippen molar-refractivity contribution in [2.45, 2.75) is 6.42 Å². The van der Waals surface area contributed by atoms with Gasteiger partial charge in [-0.2, -0.15) is 0 Å². The lowest BCUT2D eigenvalue weighted by atomic mass is 10.2. The summed E-state index contributed by atoms with van der Waals surface area (Å²) in [4.78, 5) is 4.76. The third kappa shape index (κ3) is 3.60. The van der Waals surface area contributed by atoms with Crippen LogP contribution in [0.25, 0.3) is 0 Å². The summed E-state index contributed by atoms with van der Waals surface area (Å²) in [6.45, 7) is 5.48. The molecule has 1 N–H and O–H groups in total. The zero-order valence-electron chi connectivity index (χ0n) is 9.98. The Morgan fingerprint density at radius 3 is 2.59 bits per heavy atom. The van der Waals surface area contributed by atoms with E-state index in [0.717, 1.165) is 44.2 Å². The summed E-state index contributed by atoms with van der Waals surface area (Å²) in [5, 5.41) is 9.60. The maximum Gasteiger partial charge on any atom is 0.0443 e. The molecule has 1 aromatic carbocycles. The molecule has 4 heteroatoms. The molecule has 2 rings (SSSR count). The molecule has 0 spiro atoms. The van der Waals surface area contributed by atoms with Gasteiger partial charge in [0.15, 0.2) is 0 Å². The first kappa shape index (κ1) is 12.7. The first-order valence-electron chi connectivity index (χ1n) is 6.13. The van der Waals surface area contributed by atoms with Crippen LogP contribution in [0.4, 0.5) is 5.69 Å². The molecule has 1 aliphatic rings. The zero-order valence-corrected chi connectivity index (χ0v) is 10.7. The second-order valence-electron chi connectivity index (χ2n) is 4.39. The number of anilines is 1. The summed E-state index contributed by atoms with van der Waals surface area (Å²) in [7, 11) is 0. The van der Waals surface area contributed by atoms with E-state index in [4.69, 9.17) is 16.7 Å². The van der Waals surface area contributed by atoms with Gasteiger partial charge >= 0.3 is 0 Å². The molecule has 0 atom stereocenters. The molecule has 0 saturated carbocycles. The van der Waals surface area contributed by atoms with Crippen molar-refractivity contribution in [3.8, 4) is 0 Å². The number of nitrogens with zero attached hydrogens (tertiary/aromatic N) is 2. The van der Waals surface area contributed by atoms with E-state index in [1.807, 2.05) is 18.2 Å². The molecule has 3 nitrogen and oxygen atoms in total. The third-order valence-electron chi connectivity index (χ3n) is 3.18. The quantitative estimate of drug-likeness (QED) is 0.888. The molecule has 0 unspecified atom stereocenters. The van der Waals surface area contributed by atoms with Gasteiger partial charge in [-0.1, -0.05) is 17.7 Å². The highest BCUT2D eigenvalue weighted by Gasteiger charge is 2.16. The van der Waals surface area contributed by atoms with Crippen LogP contribution in [0.2, 0.25) is 5.02 Å². The number of hydrogen-bond donors (Lipinski definition) is 1. The minimum absolute atomic E-state index is 0.286. The minimum Gasteiger partial charge on any atom is -0.396 e. The topological polar surface area (TPSA) is 26.7 Å². The fraction of sp³-hybridized carbons (Fsp3) is 0.538. The summed E-state index contributed by atoms with van der Waals surface area (Å²) < 4.78 is 0. The van der Waals surface area contributed by atoms with Crippen LogP contribution in [0.5, 0.6) is 0 Å². The number of rotatable bonds is 4. The van der Waals surface area contributed by atoms with Crippen LogP contribution in [0.15, 0.2) is 24.3 Å². The molecule has 1 aliphatic heterocycles. The molecule has 0 amide bonds. The number of hydrogen-bond acceptors (Lipinski definition) is 3. The van der Waals surface area contributed by atoms with Gasteiger partial charge in [-0.25, -0.2) is 0 Å². The van der Waals surface area contributed by atoms with Crippen molar-refractivity contribution in [1.82, 2.24) is 4.90 Å². The van der Waals surface area contributed by atoms with Gasteiger partial charge in [0.2, 0.25) is 0 Å². The first-order chi connectivity index (χ1) is 8.29. The lowest BCUT2D eigenvalue weighted by Gasteiger charge is -2.36. The average Bonchev–Trinajstić information content (AvgIpc) is 2.37. The van der Waals surface area contributed by atoms with E-state index in [-0.39, 0.29) is 6.61 Å². The number of aliphatic hydroxyl groups excluding tert-OH is 1. The van der Waals surface area contributed by atoms with Crippen molar-refractivity contribution < 1.29 is 5.11 Å². The van der Waals surface area contributed by atoms with Crippen LogP contribution in [0, 0.1) is 0 Å². The molecular formula is C13H19ClN2O.